The van der Waals surface area contributed by atoms with E-state index in [1.165, 1.54) is 23.1 Å². The van der Waals surface area contributed by atoms with Gasteiger partial charge >= 0.3 is 5.97 Å². The minimum atomic E-state index is -1.12. The van der Waals surface area contributed by atoms with Crippen molar-refractivity contribution >= 4 is 53.0 Å². The van der Waals surface area contributed by atoms with Crippen LogP contribution >= 0.6 is 34.7 Å². The first-order valence-electron chi connectivity index (χ1n) is 5.92. The summed E-state index contributed by atoms with van der Waals surface area (Å²) < 4.78 is 0.671. The van der Waals surface area contributed by atoms with Gasteiger partial charge in [-0.2, -0.15) is 0 Å². The Balaban J connectivity index is 2.35. The Labute approximate surface area is 135 Å². The van der Waals surface area contributed by atoms with Crippen LogP contribution in [0.3, 0.4) is 0 Å². The maximum atomic E-state index is 11.9. The molecule has 0 aliphatic rings. The highest BCUT2D eigenvalue weighted by atomic mass is 35.5. The molecular formula is C12H15ClN2O4S2. The summed E-state index contributed by atoms with van der Waals surface area (Å²) >= 11 is 8.40. The second-order valence-electron chi connectivity index (χ2n) is 4.15. The first-order chi connectivity index (χ1) is 9.93. The Morgan fingerprint density at radius 2 is 2.29 bits per heavy atom. The van der Waals surface area contributed by atoms with Crippen LogP contribution in [0.25, 0.3) is 0 Å². The molecule has 0 saturated heterocycles. The lowest BCUT2D eigenvalue weighted by atomic mass is 10.3. The van der Waals surface area contributed by atoms with Crippen molar-refractivity contribution in [2.75, 3.05) is 18.6 Å². The molecule has 0 aromatic carbocycles. The molecule has 0 bridgehead atoms. The van der Waals surface area contributed by atoms with Gasteiger partial charge in [-0.15, -0.1) is 23.1 Å². The summed E-state index contributed by atoms with van der Waals surface area (Å²) in [6.45, 7) is 0.464. The largest absolute Gasteiger partial charge is 0.480 e. The topological polar surface area (TPSA) is 86.7 Å². The molecule has 1 aromatic heterocycles. The zero-order valence-electron chi connectivity index (χ0n) is 11.2. The van der Waals surface area contributed by atoms with Gasteiger partial charge in [0.25, 0.3) is 0 Å². The molecule has 1 unspecified atom stereocenters. The zero-order valence-corrected chi connectivity index (χ0v) is 13.6. The Bertz CT molecular complexity index is 509. The predicted molar refractivity (Wildman–Crippen MR) is 83.8 cm³/mol. The van der Waals surface area contributed by atoms with Gasteiger partial charge in [0.15, 0.2) is 0 Å². The molecule has 0 spiro atoms. The number of carboxylic acids is 1. The summed E-state index contributed by atoms with van der Waals surface area (Å²) in [4.78, 5) is 35.5. The van der Waals surface area contributed by atoms with Crippen molar-refractivity contribution < 1.29 is 19.5 Å². The summed E-state index contributed by atoms with van der Waals surface area (Å²) in [5.41, 5.74) is 0. The smallest absolute Gasteiger partial charge is 0.327 e. The highest BCUT2D eigenvalue weighted by Crippen LogP contribution is 2.22. The summed E-state index contributed by atoms with van der Waals surface area (Å²) in [7, 11) is 1.68. The molecule has 1 rings (SSSR count). The fourth-order valence-electron chi connectivity index (χ4n) is 1.41. The van der Waals surface area contributed by atoms with Crippen LogP contribution in [0.15, 0.2) is 12.1 Å². The number of hydrogen-bond acceptors (Lipinski definition) is 5. The number of aliphatic carboxylic acids is 1. The number of thioether (sulfide) groups is 1. The first-order valence-corrected chi connectivity index (χ1v) is 8.27. The van der Waals surface area contributed by atoms with E-state index >= 15 is 0 Å². The van der Waals surface area contributed by atoms with Crippen molar-refractivity contribution in [3.05, 3.63) is 21.3 Å². The highest BCUT2D eigenvalue weighted by molar-refractivity contribution is 8.00. The third-order valence-corrected chi connectivity index (χ3v) is 4.76. The average Bonchev–Trinajstić information content (AvgIpc) is 2.82. The van der Waals surface area contributed by atoms with Gasteiger partial charge in [0.1, 0.15) is 6.04 Å². The molecule has 1 heterocycles. The number of carboxylic acid groups (broad SMARTS) is 1. The monoisotopic (exact) mass is 350 g/mol. The van der Waals surface area contributed by atoms with Crippen molar-refractivity contribution in [3.8, 4) is 0 Å². The van der Waals surface area contributed by atoms with Crippen LogP contribution in [-0.2, 0) is 20.9 Å². The van der Waals surface area contributed by atoms with Crippen LogP contribution in [0.4, 0.5) is 0 Å². The second-order valence-corrected chi connectivity index (χ2v) is 6.98. The van der Waals surface area contributed by atoms with Crippen LogP contribution < -0.4 is 5.32 Å². The number of rotatable bonds is 9. The number of thiophene rings is 1. The number of nitrogens with zero attached hydrogens (tertiary/aromatic N) is 1. The van der Waals surface area contributed by atoms with Crippen molar-refractivity contribution in [1.82, 2.24) is 10.2 Å². The molecule has 0 fully saturated rings. The molecule has 1 atom stereocenters. The Morgan fingerprint density at radius 3 is 2.81 bits per heavy atom. The lowest BCUT2D eigenvalue weighted by molar-refractivity contribution is -0.139. The standard InChI is InChI=1S/C12H15ClN2O4S2/c1-15(4-8-2-3-10(13)21-8)11(17)6-20-5-9(12(18)19)14-7-16/h2-3,7,9H,4-6H2,1H3,(H,14,16)(H,18,19). The molecule has 0 aliphatic carbocycles. The summed E-state index contributed by atoms with van der Waals surface area (Å²) in [5.74, 6) is -0.943. The SMILES string of the molecule is CN(Cc1ccc(Cl)s1)C(=O)CSCC(NC=O)C(=O)O. The third kappa shape index (κ3) is 6.36. The van der Waals surface area contributed by atoms with E-state index in [0.29, 0.717) is 17.3 Å². The second kappa shape index (κ2) is 8.91. The van der Waals surface area contributed by atoms with Crippen molar-refractivity contribution in [2.24, 2.45) is 0 Å². The summed E-state index contributed by atoms with van der Waals surface area (Å²) in [6.07, 6.45) is 0.341. The maximum Gasteiger partial charge on any atom is 0.327 e. The van der Waals surface area contributed by atoms with Gasteiger partial charge < -0.3 is 15.3 Å². The Morgan fingerprint density at radius 1 is 1.57 bits per heavy atom. The number of nitrogens with one attached hydrogen (secondary N) is 1. The predicted octanol–water partition coefficient (Wildman–Crippen LogP) is 1.29. The minimum absolute atomic E-state index is 0.111. The number of amides is 2. The minimum Gasteiger partial charge on any atom is -0.480 e. The molecular weight excluding hydrogens is 336 g/mol. The van der Waals surface area contributed by atoms with Crippen molar-refractivity contribution in [2.45, 2.75) is 12.6 Å². The number of carbonyl (C=O) groups is 3. The van der Waals surface area contributed by atoms with Crippen LogP contribution in [0.1, 0.15) is 4.88 Å². The number of halogens is 1. The van der Waals surface area contributed by atoms with Gasteiger partial charge in [-0.25, -0.2) is 4.79 Å². The molecule has 0 radical (unpaired) electrons. The van der Waals surface area contributed by atoms with Gasteiger partial charge in [0.05, 0.1) is 16.6 Å². The first kappa shape index (κ1) is 17.8. The van der Waals surface area contributed by atoms with Gasteiger partial charge in [0, 0.05) is 17.7 Å². The van der Waals surface area contributed by atoms with E-state index in [0.717, 1.165) is 4.88 Å². The van der Waals surface area contributed by atoms with Gasteiger partial charge in [-0.05, 0) is 12.1 Å². The van der Waals surface area contributed by atoms with E-state index < -0.39 is 12.0 Å². The van der Waals surface area contributed by atoms with Crippen molar-refractivity contribution in [1.29, 1.82) is 0 Å². The van der Waals surface area contributed by atoms with E-state index in [1.54, 1.807) is 18.0 Å². The number of carbonyl (C=O) groups excluding carboxylic acids is 2. The van der Waals surface area contributed by atoms with Gasteiger partial charge in [-0.1, -0.05) is 11.6 Å². The van der Waals surface area contributed by atoms with Crippen LogP contribution in [0, 0.1) is 0 Å². The Kier molecular flexibility index (Phi) is 7.55. The number of hydrogen-bond donors (Lipinski definition) is 2. The van der Waals surface area contributed by atoms with Gasteiger partial charge in [0.2, 0.25) is 12.3 Å². The molecule has 0 saturated carbocycles. The fourth-order valence-corrected chi connectivity index (χ4v) is 3.53. The third-order valence-electron chi connectivity index (χ3n) is 2.52. The fraction of sp³-hybridized carbons (Fsp3) is 0.417. The van der Waals surface area contributed by atoms with Gasteiger partial charge in [-0.3, -0.25) is 9.59 Å². The Hall–Kier alpha value is -1.25. The van der Waals surface area contributed by atoms with E-state index in [4.69, 9.17) is 16.7 Å². The molecule has 2 N–H and O–H groups in total. The lowest BCUT2D eigenvalue weighted by Gasteiger charge is -2.16. The molecule has 116 valence electrons. The quantitative estimate of drug-likeness (QED) is 0.655. The summed E-state index contributed by atoms with van der Waals surface area (Å²) in [5, 5.41) is 11.0. The molecule has 1 aromatic rings. The zero-order chi connectivity index (χ0) is 15.8. The van der Waals surface area contributed by atoms with E-state index in [1.807, 2.05) is 6.07 Å². The summed E-state index contributed by atoms with van der Waals surface area (Å²) in [6, 6.07) is 2.65. The van der Waals surface area contributed by atoms with E-state index in [-0.39, 0.29) is 17.4 Å². The molecule has 6 nitrogen and oxygen atoms in total. The van der Waals surface area contributed by atoms with Crippen LogP contribution in [0.2, 0.25) is 4.34 Å². The maximum absolute atomic E-state index is 11.9. The normalized spacial score (nSPS) is 11.7. The van der Waals surface area contributed by atoms with Crippen molar-refractivity contribution in [3.63, 3.8) is 0 Å². The molecule has 2 amide bonds. The highest BCUT2D eigenvalue weighted by Gasteiger charge is 2.17. The lowest BCUT2D eigenvalue weighted by Crippen LogP contribution is -2.38. The average molecular weight is 351 g/mol. The molecule has 0 aliphatic heterocycles. The van der Waals surface area contributed by atoms with Crippen LogP contribution in [0.5, 0.6) is 0 Å². The molecule has 9 heteroatoms. The molecule has 21 heavy (non-hydrogen) atoms. The van der Waals surface area contributed by atoms with E-state index in [9.17, 15) is 14.4 Å². The van der Waals surface area contributed by atoms with Crippen LogP contribution in [-0.4, -0.2) is 52.9 Å². The van der Waals surface area contributed by atoms with E-state index in [2.05, 4.69) is 5.32 Å².